The van der Waals surface area contributed by atoms with Crippen LogP contribution in [0.25, 0.3) is 78.4 Å². The minimum absolute atomic E-state index is 0.609. The second-order valence-electron chi connectivity index (χ2n) is 15.4. The molecule has 5 heteroatoms. The highest BCUT2D eigenvalue weighted by atomic mass is 16.5. The molecule has 0 unspecified atom stereocenters. The third-order valence-electron chi connectivity index (χ3n) is 12.1. The smallest absolute Gasteiger partial charge is 0.164 e. The molecule has 0 saturated heterocycles. The highest BCUT2D eigenvalue weighted by Gasteiger charge is 2.51. The number of hydrogen-bond donors (Lipinski definition) is 0. The van der Waals surface area contributed by atoms with Crippen LogP contribution in [0.15, 0.2) is 206 Å². The van der Waals surface area contributed by atoms with Crippen LogP contribution >= 0.6 is 0 Å². The fraction of sp³-hybridized carbons (Fsp3) is 0.0182. The number of ether oxygens (including phenoxy) is 1. The van der Waals surface area contributed by atoms with E-state index in [1.807, 2.05) is 72.9 Å². The van der Waals surface area contributed by atoms with E-state index in [0.29, 0.717) is 17.5 Å². The van der Waals surface area contributed by atoms with Crippen molar-refractivity contribution in [3.05, 3.63) is 229 Å². The quantitative estimate of drug-likeness (QED) is 0.175. The number of para-hydroxylation sites is 3. The van der Waals surface area contributed by atoms with E-state index in [4.69, 9.17) is 24.7 Å². The fourth-order valence-electron chi connectivity index (χ4n) is 9.34. The summed E-state index contributed by atoms with van der Waals surface area (Å²) in [7, 11) is 0. The zero-order valence-corrected chi connectivity index (χ0v) is 32.3. The van der Waals surface area contributed by atoms with Crippen LogP contribution in [0.1, 0.15) is 22.3 Å². The fourth-order valence-corrected chi connectivity index (χ4v) is 9.34. The van der Waals surface area contributed by atoms with Gasteiger partial charge in [-0.1, -0.05) is 170 Å². The molecule has 10 aromatic rings. The van der Waals surface area contributed by atoms with Crippen LogP contribution in [0.3, 0.4) is 0 Å². The molecule has 12 rings (SSSR count). The summed E-state index contributed by atoms with van der Waals surface area (Å²) < 4.78 is 6.63. The van der Waals surface area contributed by atoms with Crippen LogP contribution in [0.2, 0.25) is 0 Å². The molecule has 5 nitrogen and oxygen atoms in total. The molecule has 3 heterocycles. The molecular formula is C55H34N4O. The maximum absolute atomic E-state index is 6.63. The molecule has 1 aliphatic heterocycles. The third kappa shape index (κ3) is 5.26. The van der Waals surface area contributed by atoms with Gasteiger partial charge in [0.2, 0.25) is 0 Å². The van der Waals surface area contributed by atoms with Gasteiger partial charge in [0.05, 0.1) is 10.9 Å². The molecule has 0 atom stereocenters. The SMILES string of the molecule is c1ccc(-c2nc(-c3ccccc3)nc(-c3ccc4c(c3)-c3cc(-c5ccc(-c6cccc7cccnc67)cc5)ccc3C43c4ccccc4Oc4ccccc43)n2)cc1. The monoisotopic (exact) mass is 766 g/mol. The van der Waals surface area contributed by atoms with Gasteiger partial charge in [0.1, 0.15) is 11.5 Å². The van der Waals surface area contributed by atoms with E-state index in [1.165, 1.54) is 16.7 Å². The van der Waals surface area contributed by atoms with Crippen molar-refractivity contribution in [2.45, 2.75) is 5.41 Å². The number of benzene rings is 8. The first-order chi connectivity index (χ1) is 29.7. The van der Waals surface area contributed by atoms with Gasteiger partial charge in [-0.25, -0.2) is 15.0 Å². The Morgan fingerprint density at radius 2 is 0.833 bits per heavy atom. The van der Waals surface area contributed by atoms with E-state index in [0.717, 1.165) is 78.0 Å². The van der Waals surface area contributed by atoms with E-state index in [1.54, 1.807) is 0 Å². The zero-order valence-electron chi connectivity index (χ0n) is 32.3. The van der Waals surface area contributed by atoms with E-state index >= 15 is 0 Å². The molecule has 280 valence electrons. The molecule has 1 aliphatic carbocycles. The highest BCUT2D eigenvalue weighted by Crippen LogP contribution is 2.62. The minimum atomic E-state index is -0.609. The molecule has 0 amide bonds. The molecule has 8 aromatic carbocycles. The summed E-state index contributed by atoms with van der Waals surface area (Å²) in [6.45, 7) is 0. The van der Waals surface area contributed by atoms with Gasteiger partial charge < -0.3 is 4.74 Å². The van der Waals surface area contributed by atoms with Crippen LogP contribution in [0.4, 0.5) is 0 Å². The van der Waals surface area contributed by atoms with Crippen LogP contribution in [-0.4, -0.2) is 19.9 Å². The summed E-state index contributed by atoms with van der Waals surface area (Å²) in [4.78, 5) is 19.9. The first-order valence-corrected chi connectivity index (χ1v) is 20.2. The Labute approximate surface area is 347 Å². The molecule has 0 fully saturated rings. The second-order valence-corrected chi connectivity index (χ2v) is 15.4. The van der Waals surface area contributed by atoms with Crippen LogP contribution in [-0.2, 0) is 5.41 Å². The third-order valence-corrected chi connectivity index (χ3v) is 12.1. The van der Waals surface area contributed by atoms with Crippen molar-refractivity contribution in [1.29, 1.82) is 0 Å². The van der Waals surface area contributed by atoms with E-state index in [9.17, 15) is 0 Å². The molecule has 2 aliphatic rings. The molecular weight excluding hydrogens is 733 g/mol. The van der Waals surface area contributed by atoms with Crippen molar-refractivity contribution in [2.24, 2.45) is 0 Å². The van der Waals surface area contributed by atoms with Crippen molar-refractivity contribution in [3.8, 4) is 79.0 Å². The molecule has 1 spiro atoms. The van der Waals surface area contributed by atoms with E-state index in [2.05, 4.69) is 133 Å². The summed E-state index contributed by atoms with van der Waals surface area (Å²) in [5.74, 6) is 3.61. The summed E-state index contributed by atoms with van der Waals surface area (Å²) in [6, 6.07) is 70.2. The Morgan fingerprint density at radius 1 is 0.333 bits per heavy atom. The maximum atomic E-state index is 6.63. The molecule has 0 N–H and O–H groups in total. The Bertz CT molecular complexity index is 3180. The minimum Gasteiger partial charge on any atom is -0.457 e. The Kier molecular flexibility index (Phi) is 7.69. The number of pyridine rings is 1. The normalized spacial score (nSPS) is 12.9. The number of rotatable bonds is 5. The highest BCUT2D eigenvalue weighted by molar-refractivity contribution is 5.95. The lowest BCUT2D eigenvalue weighted by molar-refractivity contribution is 0.436. The van der Waals surface area contributed by atoms with Crippen molar-refractivity contribution in [2.75, 3.05) is 0 Å². The van der Waals surface area contributed by atoms with Crippen LogP contribution in [0.5, 0.6) is 11.5 Å². The van der Waals surface area contributed by atoms with E-state index < -0.39 is 5.41 Å². The molecule has 0 radical (unpaired) electrons. The molecule has 0 bridgehead atoms. The summed E-state index contributed by atoms with van der Waals surface area (Å²) in [5, 5.41) is 1.13. The van der Waals surface area contributed by atoms with Gasteiger partial charge in [0, 0.05) is 45.0 Å². The molecule has 2 aromatic heterocycles. The van der Waals surface area contributed by atoms with Crippen molar-refractivity contribution in [3.63, 3.8) is 0 Å². The first kappa shape index (κ1) is 34.1. The maximum Gasteiger partial charge on any atom is 0.164 e. The average Bonchev–Trinajstić information content (AvgIpc) is 3.61. The van der Waals surface area contributed by atoms with Gasteiger partial charge >= 0.3 is 0 Å². The number of fused-ring (bicyclic) bond motifs is 10. The largest absolute Gasteiger partial charge is 0.457 e. The number of nitrogens with zero attached hydrogens (tertiary/aromatic N) is 4. The van der Waals surface area contributed by atoms with Crippen molar-refractivity contribution in [1.82, 2.24) is 19.9 Å². The van der Waals surface area contributed by atoms with Gasteiger partial charge in [-0.05, 0) is 69.3 Å². The first-order valence-electron chi connectivity index (χ1n) is 20.2. The lowest BCUT2D eigenvalue weighted by Gasteiger charge is -2.39. The van der Waals surface area contributed by atoms with Crippen molar-refractivity contribution >= 4 is 10.9 Å². The average molecular weight is 767 g/mol. The second kappa shape index (κ2) is 13.5. The Morgan fingerprint density at radius 3 is 1.47 bits per heavy atom. The predicted octanol–water partition coefficient (Wildman–Crippen LogP) is 13.2. The van der Waals surface area contributed by atoms with E-state index in [-0.39, 0.29) is 0 Å². The molecule has 0 saturated carbocycles. The standard InChI is InChI=1S/C55H34N4O/c1-3-13-38(14-4-1)52-57-53(39-15-5-2-6-16-39)59-54(58-52)41-29-31-46-44(34-41)43-33-40(35-24-26-36(27-25-35)42-19-11-17-37-18-12-32-56-51(37)42)28-30-45(43)55(46)47-20-7-9-22-49(47)60-50-23-10-8-21-48(50)55/h1-34H. The topological polar surface area (TPSA) is 60.8 Å². The van der Waals surface area contributed by atoms with Crippen molar-refractivity contribution < 1.29 is 4.74 Å². The summed E-state index contributed by atoms with van der Waals surface area (Å²) >= 11 is 0. The predicted molar refractivity (Wildman–Crippen MR) is 240 cm³/mol. The lowest BCUT2D eigenvalue weighted by Crippen LogP contribution is -2.32. The number of hydrogen-bond acceptors (Lipinski definition) is 5. The Hall–Kier alpha value is -8.02. The lowest BCUT2D eigenvalue weighted by atomic mass is 9.66. The zero-order chi connectivity index (χ0) is 39.6. The van der Waals surface area contributed by atoms with Gasteiger partial charge in [0.25, 0.3) is 0 Å². The summed E-state index contributed by atoms with van der Waals surface area (Å²) in [5.41, 5.74) is 14.7. The van der Waals surface area contributed by atoms with Gasteiger partial charge in [0.15, 0.2) is 17.5 Å². The number of aromatic nitrogens is 4. The van der Waals surface area contributed by atoms with Gasteiger partial charge in [-0.2, -0.15) is 0 Å². The Balaban J connectivity index is 1.06. The van der Waals surface area contributed by atoms with Crippen LogP contribution < -0.4 is 4.74 Å². The van der Waals surface area contributed by atoms with Gasteiger partial charge in [-0.3, -0.25) is 4.98 Å². The molecule has 60 heavy (non-hydrogen) atoms. The van der Waals surface area contributed by atoms with Gasteiger partial charge in [-0.15, -0.1) is 0 Å². The van der Waals surface area contributed by atoms with Crippen LogP contribution in [0, 0.1) is 0 Å². The summed E-state index contributed by atoms with van der Waals surface area (Å²) in [6.07, 6.45) is 1.86.